The molecule has 0 fully saturated rings. The lowest BCUT2D eigenvalue weighted by Gasteiger charge is -2.46. The first-order valence-corrected chi connectivity index (χ1v) is 12.9. The Morgan fingerprint density at radius 3 is 1.75 bits per heavy atom. The van der Waals surface area contributed by atoms with Gasteiger partial charge in [0.2, 0.25) is 0 Å². The molecule has 2 aromatic carbocycles. The Kier molecular flexibility index (Phi) is 11.3. The van der Waals surface area contributed by atoms with Gasteiger partial charge >= 0.3 is 0 Å². The summed E-state index contributed by atoms with van der Waals surface area (Å²) >= 11 is 0. The second kappa shape index (κ2) is 13.5. The van der Waals surface area contributed by atoms with Crippen molar-refractivity contribution in [1.29, 1.82) is 0 Å². The molecule has 6 nitrogen and oxygen atoms in total. The number of aryl methyl sites for hydroxylation is 2. The normalized spacial score (nSPS) is 17.6. The maximum absolute atomic E-state index is 11.9. The summed E-state index contributed by atoms with van der Waals surface area (Å²) in [6.45, 7) is 8.94. The van der Waals surface area contributed by atoms with Gasteiger partial charge in [-0.25, -0.2) is 0 Å². The van der Waals surface area contributed by atoms with Crippen LogP contribution in [0.25, 0.3) is 0 Å². The Morgan fingerprint density at radius 2 is 1.31 bits per heavy atom. The molecule has 1 unspecified atom stereocenters. The monoisotopic (exact) mass is 500 g/mol. The molecule has 0 spiro atoms. The molecule has 0 saturated heterocycles. The van der Waals surface area contributed by atoms with Crippen LogP contribution in [0.15, 0.2) is 60.7 Å². The van der Waals surface area contributed by atoms with E-state index >= 15 is 0 Å². The molecule has 2 rings (SSSR count). The van der Waals surface area contributed by atoms with Crippen molar-refractivity contribution in [3.8, 4) is 0 Å². The van der Waals surface area contributed by atoms with Crippen LogP contribution in [0, 0.1) is 0 Å². The van der Waals surface area contributed by atoms with E-state index in [1.807, 2.05) is 42.5 Å². The van der Waals surface area contributed by atoms with Gasteiger partial charge in [0.1, 0.15) is 29.5 Å². The summed E-state index contributed by atoms with van der Waals surface area (Å²) in [6, 6.07) is 15.1. The van der Waals surface area contributed by atoms with E-state index in [0.717, 1.165) is 42.4 Å². The van der Waals surface area contributed by atoms with Gasteiger partial charge in [-0.05, 0) is 48.4 Å². The van der Waals surface area contributed by atoms with Crippen molar-refractivity contribution < 1.29 is 30.6 Å². The van der Waals surface area contributed by atoms with Crippen molar-refractivity contribution in [1.82, 2.24) is 0 Å². The Balaban J connectivity index is 2.53. The number of hydrogen-bond donors (Lipinski definition) is 6. The van der Waals surface area contributed by atoms with Gasteiger partial charge in [0.25, 0.3) is 0 Å². The Hall–Kier alpha value is -2.06. The van der Waals surface area contributed by atoms with Crippen LogP contribution in [0.4, 0.5) is 0 Å². The van der Waals surface area contributed by atoms with E-state index in [9.17, 15) is 30.6 Å². The molecule has 0 amide bonds. The largest absolute Gasteiger partial charge is 0.394 e. The molecule has 200 valence electrons. The Bertz CT molecular complexity index is 975. The first-order valence-electron chi connectivity index (χ1n) is 12.9. The first kappa shape index (κ1) is 30.2. The molecule has 0 aromatic heterocycles. The Morgan fingerprint density at radius 1 is 0.833 bits per heavy atom. The summed E-state index contributed by atoms with van der Waals surface area (Å²) in [6.07, 6.45) is -2.20. The van der Waals surface area contributed by atoms with E-state index in [1.54, 1.807) is 13.0 Å². The molecule has 0 aliphatic heterocycles. The highest BCUT2D eigenvalue weighted by Crippen LogP contribution is 2.36. The predicted octanol–water partition coefficient (Wildman–Crippen LogP) is 2.88. The minimum absolute atomic E-state index is 0.00128. The summed E-state index contributed by atoms with van der Waals surface area (Å²) in [5, 5.41) is 66.1. The van der Waals surface area contributed by atoms with Crippen LogP contribution in [0.2, 0.25) is 0 Å². The fourth-order valence-electron chi connectivity index (χ4n) is 5.09. The minimum atomic E-state index is -2.36. The maximum atomic E-state index is 11.9. The SMILES string of the molecule is C=C(C)CC(O)(Cc1cccc(CCC)c1)[C@@H](O)[C@@](O)(Cc1cccc(CCC)c1)[C@H](O)[C@@H](O)CO. The molecule has 0 aliphatic carbocycles. The zero-order valence-electron chi connectivity index (χ0n) is 21.9. The number of aliphatic hydroxyl groups excluding tert-OH is 4. The van der Waals surface area contributed by atoms with Gasteiger partial charge < -0.3 is 30.6 Å². The lowest BCUT2D eigenvalue weighted by molar-refractivity contribution is -0.228. The van der Waals surface area contributed by atoms with Crippen molar-refractivity contribution in [3.05, 3.63) is 82.9 Å². The van der Waals surface area contributed by atoms with Gasteiger partial charge in [-0.15, -0.1) is 6.58 Å². The average Bonchev–Trinajstić information content (AvgIpc) is 2.82. The van der Waals surface area contributed by atoms with Gasteiger partial charge in [-0.3, -0.25) is 0 Å². The molecule has 2 aromatic rings. The van der Waals surface area contributed by atoms with Crippen LogP contribution < -0.4 is 0 Å². The third kappa shape index (κ3) is 7.72. The minimum Gasteiger partial charge on any atom is -0.394 e. The highest BCUT2D eigenvalue weighted by Gasteiger charge is 2.54. The lowest BCUT2D eigenvalue weighted by atomic mass is 9.71. The molecule has 6 N–H and O–H groups in total. The standard InChI is InChI=1S/C30H44O6/c1-5-9-22-11-7-13-24(15-22)18-29(35,17-21(3)4)28(34)30(36,27(33)26(32)20-31)19-25-14-8-12-23(16-25)10-6-2/h7-8,11-16,26-28,31-36H,3,5-6,9-10,17-20H2,1-2,4H3/t26-,27+,28+,29?,30+/m0/s1. The van der Waals surface area contributed by atoms with Crippen LogP contribution in [0.3, 0.4) is 0 Å². The predicted molar refractivity (Wildman–Crippen MR) is 143 cm³/mol. The Labute approximate surface area is 215 Å². The fourth-order valence-corrected chi connectivity index (χ4v) is 5.09. The van der Waals surface area contributed by atoms with E-state index in [2.05, 4.69) is 20.4 Å². The van der Waals surface area contributed by atoms with Gasteiger partial charge in [0, 0.05) is 12.8 Å². The van der Waals surface area contributed by atoms with E-state index in [0.29, 0.717) is 11.1 Å². The molecular formula is C30H44O6. The lowest BCUT2D eigenvalue weighted by Crippen LogP contribution is -2.66. The number of aliphatic hydroxyl groups is 6. The summed E-state index contributed by atoms with van der Waals surface area (Å²) in [5.41, 5.74) is -0.135. The molecular weight excluding hydrogens is 456 g/mol. The summed E-state index contributed by atoms with van der Waals surface area (Å²) in [7, 11) is 0. The molecule has 0 heterocycles. The van der Waals surface area contributed by atoms with Crippen molar-refractivity contribution in [2.75, 3.05) is 6.61 Å². The van der Waals surface area contributed by atoms with Crippen molar-refractivity contribution in [2.45, 2.75) is 95.2 Å². The van der Waals surface area contributed by atoms with Gasteiger partial charge in [0.05, 0.1) is 6.61 Å². The maximum Gasteiger partial charge on any atom is 0.126 e. The molecule has 6 heteroatoms. The van der Waals surface area contributed by atoms with Gasteiger partial charge in [0.15, 0.2) is 0 Å². The van der Waals surface area contributed by atoms with E-state index in [1.165, 1.54) is 0 Å². The molecule has 0 radical (unpaired) electrons. The molecule has 0 aliphatic rings. The van der Waals surface area contributed by atoms with Crippen molar-refractivity contribution >= 4 is 0 Å². The highest BCUT2D eigenvalue weighted by atomic mass is 16.4. The van der Waals surface area contributed by atoms with E-state index < -0.39 is 36.1 Å². The highest BCUT2D eigenvalue weighted by molar-refractivity contribution is 5.29. The molecule has 0 bridgehead atoms. The summed E-state index contributed by atoms with van der Waals surface area (Å²) in [4.78, 5) is 0. The zero-order valence-corrected chi connectivity index (χ0v) is 21.9. The van der Waals surface area contributed by atoms with E-state index in [-0.39, 0.29) is 19.3 Å². The zero-order chi connectivity index (χ0) is 26.9. The topological polar surface area (TPSA) is 121 Å². The first-order chi connectivity index (χ1) is 17.0. The molecule has 0 saturated carbocycles. The third-order valence-electron chi connectivity index (χ3n) is 6.71. The summed E-state index contributed by atoms with van der Waals surface area (Å²) < 4.78 is 0. The second-order valence-electron chi connectivity index (χ2n) is 10.3. The third-order valence-corrected chi connectivity index (χ3v) is 6.71. The summed E-state index contributed by atoms with van der Waals surface area (Å²) in [5.74, 6) is 0. The van der Waals surface area contributed by atoms with Crippen LogP contribution in [-0.4, -0.2) is 66.8 Å². The van der Waals surface area contributed by atoms with E-state index in [4.69, 9.17) is 0 Å². The van der Waals surface area contributed by atoms with Gasteiger partial charge in [-0.1, -0.05) is 80.8 Å². The number of rotatable bonds is 15. The van der Waals surface area contributed by atoms with Gasteiger partial charge in [-0.2, -0.15) is 0 Å². The second-order valence-corrected chi connectivity index (χ2v) is 10.3. The van der Waals surface area contributed by atoms with Crippen LogP contribution in [-0.2, 0) is 25.7 Å². The smallest absolute Gasteiger partial charge is 0.126 e. The fraction of sp³-hybridized carbons (Fsp3) is 0.533. The quantitative estimate of drug-likeness (QED) is 0.209. The molecule has 36 heavy (non-hydrogen) atoms. The van der Waals surface area contributed by atoms with Crippen LogP contribution in [0.1, 0.15) is 62.3 Å². The number of benzene rings is 2. The number of hydrogen-bond acceptors (Lipinski definition) is 6. The average molecular weight is 501 g/mol. The van der Waals surface area contributed by atoms with Crippen LogP contribution >= 0.6 is 0 Å². The van der Waals surface area contributed by atoms with Crippen molar-refractivity contribution in [2.24, 2.45) is 0 Å². The van der Waals surface area contributed by atoms with Crippen LogP contribution in [0.5, 0.6) is 0 Å². The van der Waals surface area contributed by atoms with Crippen molar-refractivity contribution in [3.63, 3.8) is 0 Å². The molecule has 5 atom stereocenters.